The van der Waals surface area contributed by atoms with Crippen LogP contribution in [0.2, 0.25) is 0 Å². The van der Waals surface area contributed by atoms with E-state index < -0.39 is 5.69 Å². The van der Waals surface area contributed by atoms with Gasteiger partial charge in [0.05, 0.1) is 10.9 Å². The van der Waals surface area contributed by atoms with E-state index >= 15 is 0 Å². The lowest BCUT2D eigenvalue weighted by Gasteiger charge is -2.14. The Balaban J connectivity index is 2.30. The van der Waals surface area contributed by atoms with Gasteiger partial charge < -0.3 is 5.32 Å². The molecular formula is C17H21N5O3. The van der Waals surface area contributed by atoms with Gasteiger partial charge in [-0.05, 0) is 45.4 Å². The molecule has 25 heavy (non-hydrogen) atoms. The summed E-state index contributed by atoms with van der Waals surface area (Å²) < 4.78 is 2.79. The predicted octanol–water partition coefficient (Wildman–Crippen LogP) is 1.45. The van der Waals surface area contributed by atoms with Crippen LogP contribution in [-0.4, -0.2) is 31.1 Å². The molecule has 0 saturated carbocycles. The summed E-state index contributed by atoms with van der Waals surface area (Å²) in [5, 5.41) is 9.60. The van der Waals surface area contributed by atoms with E-state index in [-0.39, 0.29) is 29.3 Å². The average molecular weight is 343 g/mol. The molecule has 0 aliphatic rings. The van der Waals surface area contributed by atoms with Gasteiger partial charge >= 0.3 is 5.69 Å². The van der Waals surface area contributed by atoms with Gasteiger partial charge in [0.1, 0.15) is 0 Å². The van der Waals surface area contributed by atoms with Crippen molar-refractivity contribution in [2.24, 2.45) is 0 Å². The summed E-state index contributed by atoms with van der Waals surface area (Å²) >= 11 is 0. The monoisotopic (exact) mass is 343 g/mol. The molecule has 1 atom stereocenters. The average Bonchev–Trinajstić information content (AvgIpc) is 2.95. The van der Waals surface area contributed by atoms with Crippen molar-refractivity contribution in [3.8, 4) is 0 Å². The molecule has 8 heteroatoms. The number of H-pyrrole nitrogens is 1. The molecule has 0 aliphatic heterocycles. The third-order valence-corrected chi connectivity index (χ3v) is 4.33. The first-order valence-corrected chi connectivity index (χ1v) is 8.31. The van der Waals surface area contributed by atoms with Crippen LogP contribution in [0.1, 0.15) is 50.5 Å². The SMILES string of the molecule is CC[C@@H](C)NC(=O)c1ccc2c(=O)n(C(C)C)c3n[nH]c(=O)n3c2c1. The highest BCUT2D eigenvalue weighted by Crippen LogP contribution is 2.16. The molecule has 132 valence electrons. The number of rotatable bonds is 4. The lowest BCUT2D eigenvalue weighted by molar-refractivity contribution is 0.0939. The van der Waals surface area contributed by atoms with Gasteiger partial charge in [-0.25, -0.2) is 14.3 Å². The van der Waals surface area contributed by atoms with Gasteiger partial charge in [-0.15, -0.1) is 5.10 Å². The van der Waals surface area contributed by atoms with E-state index in [4.69, 9.17) is 0 Å². The van der Waals surface area contributed by atoms with Crippen LogP contribution in [0.5, 0.6) is 0 Å². The van der Waals surface area contributed by atoms with Crippen LogP contribution < -0.4 is 16.6 Å². The summed E-state index contributed by atoms with van der Waals surface area (Å²) in [5.74, 6) is -0.00836. The molecule has 3 aromatic rings. The van der Waals surface area contributed by atoms with Crippen LogP contribution in [0.3, 0.4) is 0 Å². The second-order valence-corrected chi connectivity index (χ2v) is 6.45. The number of aromatic nitrogens is 4. The Morgan fingerprint density at radius 1 is 1.28 bits per heavy atom. The normalized spacial score (nSPS) is 12.8. The molecule has 2 heterocycles. The number of nitrogens with one attached hydrogen (secondary N) is 2. The number of aromatic amines is 1. The van der Waals surface area contributed by atoms with Crippen molar-refractivity contribution in [2.45, 2.75) is 46.2 Å². The van der Waals surface area contributed by atoms with E-state index in [1.165, 1.54) is 8.97 Å². The highest BCUT2D eigenvalue weighted by Gasteiger charge is 2.18. The quantitative estimate of drug-likeness (QED) is 0.748. The van der Waals surface area contributed by atoms with Crippen molar-refractivity contribution in [3.05, 3.63) is 44.6 Å². The van der Waals surface area contributed by atoms with Crippen molar-refractivity contribution < 1.29 is 4.79 Å². The smallest absolute Gasteiger partial charge is 0.349 e. The number of nitrogens with zero attached hydrogens (tertiary/aromatic N) is 3. The maximum atomic E-state index is 12.8. The Morgan fingerprint density at radius 3 is 2.64 bits per heavy atom. The molecular weight excluding hydrogens is 322 g/mol. The molecule has 2 aromatic heterocycles. The number of hydrogen-bond acceptors (Lipinski definition) is 4. The summed E-state index contributed by atoms with van der Waals surface area (Å²) in [6.07, 6.45) is 0.809. The first-order chi connectivity index (χ1) is 11.8. The number of benzene rings is 1. The lowest BCUT2D eigenvalue weighted by Crippen LogP contribution is -2.32. The fourth-order valence-electron chi connectivity index (χ4n) is 2.80. The summed E-state index contributed by atoms with van der Waals surface area (Å²) in [4.78, 5) is 37.4. The maximum absolute atomic E-state index is 12.8. The molecule has 0 unspecified atom stereocenters. The molecule has 0 aliphatic carbocycles. The summed E-state index contributed by atoms with van der Waals surface area (Å²) in [6, 6.07) is 4.62. The van der Waals surface area contributed by atoms with Crippen LogP contribution in [0, 0.1) is 0 Å². The molecule has 8 nitrogen and oxygen atoms in total. The van der Waals surface area contributed by atoms with Crippen LogP contribution in [0.25, 0.3) is 16.7 Å². The fraction of sp³-hybridized carbons (Fsp3) is 0.412. The maximum Gasteiger partial charge on any atom is 0.349 e. The van der Waals surface area contributed by atoms with Gasteiger partial charge in [0.2, 0.25) is 5.78 Å². The first-order valence-electron chi connectivity index (χ1n) is 8.31. The zero-order chi connectivity index (χ0) is 18.3. The van der Waals surface area contributed by atoms with Crippen LogP contribution >= 0.6 is 0 Å². The third kappa shape index (κ3) is 2.73. The molecule has 0 radical (unpaired) electrons. The number of hydrogen-bond donors (Lipinski definition) is 2. The van der Waals surface area contributed by atoms with Crippen LogP contribution in [0.4, 0.5) is 0 Å². The van der Waals surface area contributed by atoms with Crippen molar-refractivity contribution in [3.63, 3.8) is 0 Å². The second kappa shape index (κ2) is 6.19. The molecule has 1 amide bonds. The topological polar surface area (TPSA) is 101 Å². The van der Waals surface area contributed by atoms with Gasteiger partial charge in [0, 0.05) is 17.6 Å². The van der Waals surface area contributed by atoms with Crippen molar-refractivity contribution in [1.82, 2.24) is 24.5 Å². The Kier molecular flexibility index (Phi) is 4.20. The van der Waals surface area contributed by atoms with Crippen LogP contribution in [-0.2, 0) is 0 Å². The zero-order valence-electron chi connectivity index (χ0n) is 14.7. The standard InChI is InChI=1S/C17H21N5O3/c1-5-10(4)18-14(23)11-6-7-12-13(8-11)22-16(19-20-17(22)25)21(9(2)3)15(12)24/h6-10H,5H2,1-4H3,(H,18,23)(H,20,25)/t10-/m1/s1. The number of amides is 1. The van der Waals surface area contributed by atoms with E-state index in [0.717, 1.165) is 6.42 Å². The molecule has 2 N–H and O–H groups in total. The minimum absolute atomic E-state index is 0.0359. The molecule has 1 aromatic carbocycles. The van der Waals surface area contributed by atoms with Gasteiger partial charge in [0.15, 0.2) is 0 Å². The van der Waals surface area contributed by atoms with Crippen LogP contribution in [0.15, 0.2) is 27.8 Å². The van der Waals surface area contributed by atoms with Gasteiger partial charge in [0.25, 0.3) is 11.5 Å². The summed E-state index contributed by atoms with van der Waals surface area (Å²) in [5.41, 5.74) is 0.0654. The van der Waals surface area contributed by atoms with Crippen molar-refractivity contribution >= 4 is 22.6 Å². The minimum atomic E-state index is -0.450. The Morgan fingerprint density at radius 2 is 2.00 bits per heavy atom. The number of fused-ring (bicyclic) bond motifs is 3. The zero-order valence-corrected chi connectivity index (χ0v) is 14.7. The van der Waals surface area contributed by atoms with E-state index in [0.29, 0.717) is 16.5 Å². The molecule has 3 rings (SSSR count). The van der Waals surface area contributed by atoms with Gasteiger partial charge in [-0.1, -0.05) is 6.92 Å². The fourth-order valence-corrected chi connectivity index (χ4v) is 2.80. The minimum Gasteiger partial charge on any atom is -0.350 e. The molecule has 0 bridgehead atoms. The largest absolute Gasteiger partial charge is 0.350 e. The highest BCUT2D eigenvalue weighted by molar-refractivity contribution is 5.98. The van der Waals surface area contributed by atoms with E-state index in [1.54, 1.807) is 18.2 Å². The van der Waals surface area contributed by atoms with E-state index in [9.17, 15) is 14.4 Å². The van der Waals surface area contributed by atoms with Crippen molar-refractivity contribution in [1.29, 1.82) is 0 Å². The second-order valence-electron chi connectivity index (χ2n) is 6.45. The number of carbonyl (C=O) groups excluding carboxylic acids is 1. The number of carbonyl (C=O) groups is 1. The third-order valence-electron chi connectivity index (χ3n) is 4.33. The summed E-state index contributed by atoms with van der Waals surface area (Å²) in [6.45, 7) is 7.59. The van der Waals surface area contributed by atoms with Gasteiger partial charge in [-0.3, -0.25) is 14.2 Å². The Labute approximate surface area is 143 Å². The van der Waals surface area contributed by atoms with E-state index in [1.807, 2.05) is 27.7 Å². The summed E-state index contributed by atoms with van der Waals surface area (Å²) in [7, 11) is 0. The van der Waals surface area contributed by atoms with E-state index in [2.05, 4.69) is 15.5 Å². The Hall–Kier alpha value is -2.90. The predicted molar refractivity (Wildman–Crippen MR) is 95.2 cm³/mol. The van der Waals surface area contributed by atoms with Gasteiger partial charge in [-0.2, -0.15) is 0 Å². The highest BCUT2D eigenvalue weighted by atomic mass is 16.2. The molecule has 0 spiro atoms. The molecule has 0 fully saturated rings. The molecule has 0 saturated heterocycles. The van der Waals surface area contributed by atoms with Crippen molar-refractivity contribution in [2.75, 3.05) is 0 Å². The Bertz CT molecular complexity index is 1070. The lowest BCUT2D eigenvalue weighted by atomic mass is 10.1. The first kappa shape index (κ1) is 16.9.